The summed E-state index contributed by atoms with van der Waals surface area (Å²) in [5, 5.41) is 0. The van der Waals surface area contributed by atoms with E-state index in [0.29, 0.717) is 6.42 Å². The second-order valence-corrected chi connectivity index (χ2v) is 4.76. The van der Waals surface area contributed by atoms with Gasteiger partial charge >= 0.3 is 0 Å². The molecule has 0 fully saturated rings. The molecule has 1 aromatic rings. The number of allylic oxidation sites excluding steroid dienone is 3. The van der Waals surface area contributed by atoms with Crippen molar-refractivity contribution in [3.8, 4) is 17.6 Å². The lowest BCUT2D eigenvalue weighted by Gasteiger charge is -1.99. The van der Waals surface area contributed by atoms with E-state index in [1.54, 1.807) is 7.11 Å². The summed E-state index contributed by atoms with van der Waals surface area (Å²) >= 11 is 0. The Kier molecular flexibility index (Phi) is 4.79. The highest BCUT2D eigenvalue weighted by Gasteiger charge is 2.14. The van der Waals surface area contributed by atoms with Crippen LogP contribution in [0.4, 0.5) is 0 Å². The number of hydrogen-bond donors (Lipinski definition) is 0. The number of ether oxygens (including phenoxy) is 1. The lowest BCUT2D eigenvalue weighted by Crippen LogP contribution is -1.94. The largest absolute Gasteiger partial charge is 0.497 e. The molecule has 1 aliphatic rings. The van der Waals surface area contributed by atoms with E-state index in [1.807, 2.05) is 24.3 Å². The van der Waals surface area contributed by atoms with E-state index in [9.17, 15) is 4.79 Å². The highest BCUT2D eigenvalue weighted by molar-refractivity contribution is 5.91. The van der Waals surface area contributed by atoms with Gasteiger partial charge in [-0.1, -0.05) is 24.0 Å². The molecular formula is C18H18O2. The van der Waals surface area contributed by atoms with Crippen LogP contribution in [0, 0.1) is 11.8 Å². The Morgan fingerprint density at radius 3 is 2.70 bits per heavy atom. The summed E-state index contributed by atoms with van der Waals surface area (Å²) < 4.78 is 5.12. The molecule has 1 aromatic carbocycles. The molecule has 0 saturated carbocycles. The molecule has 0 unspecified atom stereocenters. The molecule has 0 saturated heterocycles. The molecule has 2 nitrogen and oxygen atoms in total. The van der Waals surface area contributed by atoms with Gasteiger partial charge in [-0.05, 0) is 49.6 Å². The van der Waals surface area contributed by atoms with Crippen LogP contribution in [0.2, 0.25) is 0 Å². The maximum atomic E-state index is 11.4. The molecule has 0 aliphatic heterocycles. The molecule has 1 aliphatic carbocycles. The molecule has 102 valence electrons. The second-order valence-electron chi connectivity index (χ2n) is 4.76. The molecule has 2 heteroatoms. The number of ketones is 1. The van der Waals surface area contributed by atoms with Crippen LogP contribution in [0.25, 0.3) is 0 Å². The van der Waals surface area contributed by atoms with Crippen LogP contribution in [0.3, 0.4) is 0 Å². The predicted molar refractivity (Wildman–Crippen MR) is 80.6 cm³/mol. The van der Waals surface area contributed by atoms with E-state index >= 15 is 0 Å². The molecule has 20 heavy (non-hydrogen) atoms. The molecule has 0 radical (unpaired) electrons. The monoisotopic (exact) mass is 266 g/mol. The zero-order chi connectivity index (χ0) is 14.4. The fourth-order valence-electron chi connectivity index (χ4n) is 2.26. The van der Waals surface area contributed by atoms with Crippen LogP contribution in [-0.2, 0) is 4.79 Å². The van der Waals surface area contributed by atoms with Crippen molar-refractivity contribution in [1.29, 1.82) is 0 Å². The fraction of sp³-hybridized carbons (Fsp3) is 0.278. The number of hydrogen-bond acceptors (Lipinski definition) is 2. The van der Waals surface area contributed by atoms with Crippen molar-refractivity contribution in [3.63, 3.8) is 0 Å². The smallest absolute Gasteiger partial charge is 0.159 e. The molecule has 0 aromatic heterocycles. The number of benzene rings is 1. The van der Waals surface area contributed by atoms with Crippen molar-refractivity contribution in [2.24, 2.45) is 0 Å². The Labute approximate surface area is 120 Å². The van der Waals surface area contributed by atoms with Gasteiger partial charge < -0.3 is 4.74 Å². The fourth-order valence-corrected chi connectivity index (χ4v) is 2.26. The van der Waals surface area contributed by atoms with Gasteiger partial charge in [-0.25, -0.2) is 0 Å². The number of carbonyl (C=O) groups excluding carboxylic acids is 1. The topological polar surface area (TPSA) is 26.3 Å². The van der Waals surface area contributed by atoms with Crippen molar-refractivity contribution in [2.45, 2.75) is 25.7 Å². The molecule has 0 amide bonds. The Morgan fingerprint density at radius 2 is 2.05 bits per heavy atom. The maximum Gasteiger partial charge on any atom is 0.159 e. The van der Waals surface area contributed by atoms with E-state index in [4.69, 9.17) is 4.74 Å². The van der Waals surface area contributed by atoms with Gasteiger partial charge in [-0.3, -0.25) is 4.79 Å². The van der Waals surface area contributed by atoms with Crippen LogP contribution < -0.4 is 4.74 Å². The summed E-state index contributed by atoms with van der Waals surface area (Å²) in [5.74, 6) is 7.28. The first-order chi connectivity index (χ1) is 9.72. The van der Waals surface area contributed by atoms with Crippen molar-refractivity contribution >= 4 is 5.78 Å². The molecule has 0 bridgehead atoms. The third-order valence-electron chi connectivity index (χ3n) is 3.40. The quantitative estimate of drug-likeness (QED) is 0.614. The number of carbonyl (C=O) groups is 1. The summed E-state index contributed by atoms with van der Waals surface area (Å²) in [7, 11) is 1.65. The van der Waals surface area contributed by atoms with E-state index in [0.717, 1.165) is 36.1 Å². The summed E-state index contributed by atoms with van der Waals surface area (Å²) in [6, 6.07) is 7.68. The number of methoxy groups -OCH3 is 1. The van der Waals surface area contributed by atoms with Crippen molar-refractivity contribution in [2.75, 3.05) is 7.11 Å². The zero-order valence-electron chi connectivity index (χ0n) is 11.7. The van der Waals surface area contributed by atoms with E-state index in [1.165, 1.54) is 11.6 Å². The predicted octanol–water partition coefficient (Wildman–Crippen LogP) is 3.67. The minimum atomic E-state index is 0.0747. The summed E-state index contributed by atoms with van der Waals surface area (Å²) in [6.07, 6.45) is 4.90. The van der Waals surface area contributed by atoms with Gasteiger partial charge in [0, 0.05) is 17.6 Å². The van der Waals surface area contributed by atoms with Crippen molar-refractivity contribution in [3.05, 3.63) is 53.6 Å². The Morgan fingerprint density at radius 1 is 1.30 bits per heavy atom. The van der Waals surface area contributed by atoms with Gasteiger partial charge in [0.15, 0.2) is 5.78 Å². The Hall–Kier alpha value is -2.27. The van der Waals surface area contributed by atoms with Gasteiger partial charge in [0.05, 0.1) is 7.11 Å². The van der Waals surface area contributed by atoms with Crippen LogP contribution in [0.5, 0.6) is 5.75 Å². The lowest BCUT2D eigenvalue weighted by atomic mass is 10.1. The first-order valence-electron chi connectivity index (χ1n) is 6.75. The third-order valence-corrected chi connectivity index (χ3v) is 3.40. The minimum Gasteiger partial charge on any atom is -0.497 e. The number of rotatable bonds is 4. The highest BCUT2D eigenvalue weighted by Crippen LogP contribution is 2.28. The molecule has 0 spiro atoms. The first-order valence-corrected chi connectivity index (χ1v) is 6.75. The summed E-state index contributed by atoms with van der Waals surface area (Å²) in [4.78, 5) is 11.4. The molecule has 0 atom stereocenters. The average molecular weight is 266 g/mol. The third kappa shape index (κ3) is 3.61. The van der Waals surface area contributed by atoms with Crippen molar-refractivity contribution in [1.82, 2.24) is 0 Å². The zero-order valence-corrected chi connectivity index (χ0v) is 11.7. The SMILES string of the molecule is C=CC(=O)CC1=C(C#Cc2ccc(OC)cc2)CCC1. The molecule has 2 rings (SSSR count). The molecular weight excluding hydrogens is 248 g/mol. The molecule has 0 heterocycles. The van der Waals surface area contributed by atoms with Gasteiger partial charge in [-0.2, -0.15) is 0 Å². The van der Waals surface area contributed by atoms with E-state index < -0.39 is 0 Å². The lowest BCUT2D eigenvalue weighted by molar-refractivity contribution is -0.114. The van der Waals surface area contributed by atoms with Gasteiger partial charge in [0.1, 0.15) is 5.75 Å². The van der Waals surface area contributed by atoms with Gasteiger partial charge in [0.25, 0.3) is 0 Å². The van der Waals surface area contributed by atoms with Crippen molar-refractivity contribution < 1.29 is 9.53 Å². The average Bonchev–Trinajstić information content (AvgIpc) is 2.92. The summed E-state index contributed by atoms with van der Waals surface area (Å²) in [6.45, 7) is 3.52. The maximum absolute atomic E-state index is 11.4. The van der Waals surface area contributed by atoms with E-state index in [-0.39, 0.29) is 5.78 Å². The first kappa shape index (κ1) is 14.1. The van der Waals surface area contributed by atoms with Crippen LogP contribution in [-0.4, -0.2) is 12.9 Å². The van der Waals surface area contributed by atoms with Crippen LogP contribution in [0.1, 0.15) is 31.2 Å². The Balaban J connectivity index is 2.14. The minimum absolute atomic E-state index is 0.0747. The van der Waals surface area contributed by atoms with Gasteiger partial charge in [0.2, 0.25) is 0 Å². The van der Waals surface area contributed by atoms with Gasteiger partial charge in [-0.15, -0.1) is 0 Å². The van der Waals surface area contributed by atoms with Crippen LogP contribution in [0.15, 0.2) is 48.1 Å². The standard InChI is InChI=1S/C18H18O2/c1-3-17(19)13-16-6-4-5-15(16)10-7-14-8-11-18(20-2)12-9-14/h3,8-9,11-12H,1,4-6,13H2,2H3. The second kappa shape index (κ2) is 6.77. The highest BCUT2D eigenvalue weighted by atomic mass is 16.5. The summed E-state index contributed by atoms with van der Waals surface area (Å²) in [5.41, 5.74) is 3.26. The normalized spacial score (nSPS) is 13.7. The van der Waals surface area contributed by atoms with E-state index in [2.05, 4.69) is 18.4 Å². The Bertz CT molecular complexity index is 595. The molecule has 0 N–H and O–H groups in total. The van der Waals surface area contributed by atoms with Crippen LogP contribution >= 0.6 is 0 Å².